The van der Waals surface area contributed by atoms with Crippen LogP contribution in [0.4, 0.5) is 5.69 Å². The number of hydrogen-bond donors (Lipinski definition) is 1. The first-order valence-electron chi connectivity index (χ1n) is 5.25. The van der Waals surface area contributed by atoms with Crippen LogP contribution in [0.25, 0.3) is 10.4 Å². The van der Waals surface area contributed by atoms with Crippen LogP contribution in [0.3, 0.4) is 0 Å². The van der Waals surface area contributed by atoms with Gasteiger partial charge in [0.2, 0.25) is 0 Å². The maximum absolute atomic E-state index is 9.14. The maximum Gasteiger partial charge on any atom is 0.0856 e. The SMILES string of the molecule is CN1CCc2cc(C(CO)N=[N+]=[N-])ccc21. The van der Waals surface area contributed by atoms with E-state index in [2.05, 4.69) is 22.0 Å². The number of rotatable bonds is 3. The van der Waals surface area contributed by atoms with Gasteiger partial charge in [0.1, 0.15) is 0 Å². The summed E-state index contributed by atoms with van der Waals surface area (Å²) in [7, 11) is 2.06. The van der Waals surface area contributed by atoms with Gasteiger partial charge in [-0.05, 0) is 29.1 Å². The summed E-state index contributed by atoms with van der Waals surface area (Å²) < 4.78 is 0. The van der Waals surface area contributed by atoms with Crippen LogP contribution in [0.1, 0.15) is 17.2 Å². The van der Waals surface area contributed by atoms with Gasteiger partial charge in [-0.3, -0.25) is 0 Å². The molecule has 0 fully saturated rings. The second-order valence-corrected chi connectivity index (χ2v) is 3.96. The van der Waals surface area contributed by atoms with Crippen LogP contribution in [0.15, 0.2) is 23.3 Å². The number of hydrogen-bond acceptors (Lipinski definition) is 3. The average Bonchev–Trinajstić information content (AvgIpc) is 2.67. The summed E-state index contributed by atoms with van der Waals surface area (Å²) in [6, 6.07) is 5.49. The van der Waals surface area contributed by atoms with Gasteiger partial charge in [0.05, 0.1) is 12.6 Å². The highest BCUT2D eigenvalue weighted by Gasteiger charge is 2.17. The molecule has 1 N–H and O–H groups in total. The van der Waals surface area contributed by atoms with Crippen LogP contribution in [0.5, 0.6) is 0 Å². The molecule has 0 radical (unpaired) electrons. The van der Waals surface area contributed by atoms with Crippen LogP contribution < -0.4 is 4.90 Å². The van der Waals surface area contributed by atoms with Gasteiger partial charge in [0, 0.05) is 24.2 Å². The lowest BCUT2D eigenvalue weighted by Crippen LogP contribution is -2.12. The van der Waals surface area contributed by atoms with Gasteiger partial charge in [-0.15, -0.1) is 0 Å². The molecule has 2 rings (SSSR count). The van der Waals surface area contributed by atoms with E-state index in [0.717, 1.165) is 18.5 Å². The molecule has 0 aliphatic carbocycles. The molecule has 0 aromatic heterocycles. The normalized spacial score (nSPS) is 15.5. The van der Waals surface area contributed by atoms with E-state index in [0.29, 0.717) is 0 Å². The number of fused-ring (bicyclic) bond motifs is 1. The quantitative estimate of drug-likeness (QED) is 0.479. The van der Waals surface area contributed by atoms with Crippen molar-refractivity contribution in [1.82, 2.24) is 0 Å². The van der Waals surface area contributed by atoms with Gasteiger partial charge in [-0.1, -0.05) is 17.2 Å². The molecular weight excluding hydrogens is 204 g/mol. The lowest BCUT2D eigenvalue weighted by Gasteiger charge is -2.13. The predicted molar refractivity (Wildman–Crippen MR) is 62.4 cm³/mol. The minimum absolute atomic E-state index is 0.154. The van der Waals surface area contributed by atoms with Crippen molar-refractivity contribution in [3.05, 3.63) is 39.8 Å². The van der Waals surface area contributed by atoms with Crippen molar-refractivity contribution in [2.24, 2.45) is 5.11 Å². The summed E-state index contributed by atoms with van der Waals surface area (Å²) in [5.74, 6) is 0. The first kappa shape index (κ1) is 10.8. The Morgan fingerprint density at radius 3 is 3.12 bits per heavy atom. The van der Waals surface area contributed by atoms with E-state index in [1.165, 1.54) is 11.3 Å². The topological polar surface area (TPSA) is 72.2 Å². The number of likely N-dealkylation sites (N-methyl/N-ethyl adjacent to an activating group) is 1. The second kappa shape index (κ2) is 4.43. The van der Waals surface area contributed by atoms with Crippen molar-refractivity contribution in [2.45, 2.75) is 12.5 Å². The van der Waals surface area contributed by atoms with E-state index in [1.807, 2.05) is 18.2 Å². The smallest absolute Gasteiger partial charge is 0.0856 e. The number of aliphatic hydroxyl groups is 1. The van der Waals surface area contributed by atoms with Crippen LogP contribution in [-0.2, 0) is 6.42 Å². The fourth-order valence-corrected chi connectivity index (χ4v) is 2.06. The van der Waals surface area contributed by atoms with Crippen molar-refractivity contribution < 1.29 is 5.11 Å². The molecule has 1 heterocycles. The second-order valence-electron chi connectivity index (χ2n) is 3.96. The monoisotopic (exact) mass is 218 g/mol. The lowest BCUT2D eigenvalue weighted by atomic mass is 10.0. The van der Waals surface area contributed by atoms with Gasteiger partial charge in [0.25, 0.3) is 0 Å². The minimum Gasteiger partial charge on any atom is -0.396 e. The van der Waals surface area contributed by atoms with E-state index in [1.54, 1.807) is 0 Å². The molecule has 16 heavy (non-hydrogen) atoms. The van der Waals surface area contributed by atoms with E-state index in [4.69, 9.17) is 10.6 Å². The molecule has 1 unspecified atom stereocenters. The zero-order valence-electron chi connectivity index (χ0n) is 9.17. The van der Waals surface area contributed by atoms with Gasteiger partial charge in [-0.2, -0.15) is 0 Å². The Bertz CT molecular complexity index is 440. The number of anilines is 1. The molecule has 1 aromatic rings. The predicted octanol–water partition coefficient (Wildman–Crippen LogP) is 2.02. The average molecular weight is 218 g/mol. The third kappa shape index (κ3) is 1.83. The van der Waals surface area contributed by atoms with Crippen molar-refractivity contribution in [3.63, 3.8) is 0 Å². The highest BCUT2D eigenvalue weighted by atomic mass is 16.3. The fourth-order valence-electron chi connectivity index (χ4n) is 2.06. The molecule has 84 valence electrons. The van der Waals surface area contributed by atoms with Crippen molar-refractivity contribution >= 4 is 5.69 Å². The lowest BCUT2D eigenvalue weighted by molar-refractivity contribution is 0.268. The highest BCUT2D eigenvalue weighted by Crippen LogP contribution is 2.30. The molecule has 0 saturated heterocycles. The van der Waals surface area contributed by atoms with Crippen LogP contribution in [0.2, 0.25) is 0 Å². The molecule has 5 nitrogen and oxygen atoms in total. The van der Waals surface area contributed by atoms with Crippen LogP contribution >= 0.6 is 0 Å². The third-order valence-electron chi connectivity index (χ3n) is 2.98. The van der Waals surface area contributed by atoms with Gasteiger partial charge in [0.15, 0.2) is 0 Å². The highest BCUT2D eigenvalue weighted by molar-refractivity contribution is 5.58. The Balaban J connectivity index is 2.34. The molecule has 1 aliphatic heterocycles. The molecule has 0 amide bonds. The third-order valence-corrected chi connectivity index (χ3v) is 2.98. The molecule has 5 heteroatoms. The summed E-state index contributed by atoms with van der Waals surface area (Å²) in [6.07, 6.45) is 1.01. The standard InChI is InChI=1S/C11H14N4O/c1-15-5-4-9-6-8(2-3-11(9)15)10(7-16)13-14-12/h2-3,6,10,16H,4-5,7H2,1H3. The van der Waals surface area contributed by atoms with E-state index < -0.39 is 6.04 Å². The number of aliphatic hydroxyl groups excluding tert-OH is 1. The Labute approximate surface area is 93.9 Å². The molecule has 0 bridgehead atoms. The van der Waals surface area contributed by atoms with Crippen LogP contribution in [-0.4, -0.2) is 25.3 Å². The van der Waals surface area contributed by atoms with E-state index in [9.17, 15) is 0 Å². The summed E-state index contributed by atoms with van der Waals surface area (Å²) in [6.45, 7) is 0.864. The molecule has 1 atom stereocenters. The Kier molecular flexibility index (Phi) is 2.99. The van der Waals surface area contributed by atoms with Crippen molar-refractivity contribution in [2.75, 3.05) is 25.1 Å². The summed E-state index contributed by atoms with van der Waals surface area (Å²) in [4.78, 5) is 4.94. The Hall–Kier alpha value is -1.71. The zero-order valence-corrected chi connectivity index (χ0v) is 9.17. The zero-order chi connectivity index (χ0) is 11.5. The first-order valence-corrected chi connectivity index (χ1v) is 5.25. The minimum atomic E-state index is -0.471. The molecule has 1 aromatic carbocycles. The van der Waals surface area contributed by atoms with Gasteiger partial charge < -0.3 is 10.0 Å². The summed E-state index contributed by atoms with van der Waals surface area (Å²) >= 11 is 0. The van der Waals surface area contributed by atoms with E-state index >= 15 is 0 Å². The van der Waals surface area contributed by atoms with E-state index in [-0.39, 0.29) is 6.61 Å². The number of benzene rings is 1. The van der Waals surface area contributed by atoms with Crippen LogP contribution in [0, 0.1) is 0 Å². The van der Waals surface area contributed by atoms with Crippen molar-refractivity contribution in [1.29, 1.82) is 0 Å². The molecule has 0 saturated carbocycles. The molecule has 0 spiro atoms. The Morgan fingerprint density at radius 2 is 2.44 bits per heavy atom. The van der Waals surface area contributed by atoms with Gasteiger partial charge in [-0.25, -0.2) is 0 Å². The van der Waals surface area contributed by atoms with Gasteiger partial charge >= 0.3 is 0 Å². The number of azide groups is 1. The number of nitrogens with zero attached hydrogens (tertiary/aromatic N) is 4. The summed E-state index contributed by atoms with van der Waals surface area (Å²) in [5, 5.41) is 12.7. The summed E-state index contributed by atoms with van der Waals surface area (Å²) in [5.41, 5.74) is 11.8. The molecule has 1 aliphatic rings. The van der Waals surface area contributed by atoms with Crippen molar-refractivity contribution in [3.8, 4) is 0 Å². The first-order chi connectivity index (χ1) is 7.76. The molecular formula is C11H14N4O. The largest absolute Gasteiger partial charge is 0.396 e. The fraction of sp³-hybridized carbons (Fsp3) is 0.455. The maximum atomic E-state index is 9.14. The Morgan fingerprint density at radius 1 is 1.62 bits per heavy atom.